The average Bonchev–Trinajstić information content (AvgIpc) is 2.53. The predicted octanol–water partition coefficient (Wildman–Crippen LogP) is 2.98. The number of hydrogen-bond donors (Lipinski definition) is 2. The van der Waals surface area contributed by atoms with E-state index in [4.69, 9.17) is 0 Å². The van der Waals surface area contributed by atoms with Gasteiger partial charge in [-0.3, -0.25) is 4.79 Å². The van der Waals surface area contributed by atoms with Gasteiger partial charge in [-0.2, -0.15) is 0 Å². The van der Waals surface area contributed by atoms with Crippen LogP contribution < -0.4 is 5.32 Å². The fourth-order valence-electron chi connectivity index (χ4n) is 1.97. The average molecular weight is 301 g/mol. The van der Waals surface area contributed by atoms with Crippen LogP contribution in [0.25, 0.3) is 0 Å². The Morgan fingerprint density at radius 3 is 2.38 bits per heavy atom. The van der Waals surface area contributed by atoms with Gasteiger partial charge < -0.3 is 10.4 Å². The number of aliphatic hydroxyl groups is 1. The fraction of sp³-hybridized carbons (Fsp3) is 0.235. The SMILES string of the molecule is CC(Sc1ccccc1)C(=O)NCc1ccccc1CO. The number of aliphatic hydroxyl groups excluding tert-OH is 1. The largest absolute Gasteiger partial charge is 0.392 e. The molecule has 0 saturated carbocycles. The minimum absolute atomic E-state index is 0.00315. The maximum atomic E-state index is 12.1. The van der Waals surface area contributed by atoms with Crippen molar-refractivity contribution in [3.05, 3.63) is 65.7 Å². The first-order chi connectivity index (χ1) is 10.2. The van der Waals surface area contributed by atoms with Crippen molar-refractivity contribution >= 4 is 17.7 Å². The first-order valence-corrected chi connectivity index (χ1v) is 7.75. The summed E-state index contributed by atoms with van der Waals surface area (Å²) < 4.78 is 0. The maximum absolute atomic E-state index is 12.1. The number of thioether (sulfide) groups is 1. The van der Waals surface area contributed by atoms with Crippen LogP contribution in [0, 0.1) is 0 Å². The number of benzene rings is 2. The Bertz CT molecular complexity index is 586. The van der Waals surface area contributed by atoms with E-state index in [0.29, 0.717) is 6.54 Å². The van der Waals surface area contributed by atoms with E-state index in [0.717, 1.165) is 16.0 Å². The highest BCUT2D eigenvalue weighted by molar-refractivity contribution is 8.00. The Balaban J connectivity index is 1.89. The minimum Gasteiger partial charge on any atom is -0.392 e. The Kier molecular flexibility index (Phi) is 5.84. The summed E-state index contributed by atoms with van der Waals surface area (Å²) in [6.07, 6.45) is 0. The van der Waals surface area contributed by atoms with E-state index in [1.165, 1.54) is 11.8 Å². The molecule has 4 heteroatoms. The number of carbonyl (C=O) groups is 1. The van der Waals surface area contributed by atoms with Crippen molar-refractivity contribution in [3.8, 4) is 0 Å². The van der Waals surface area contributed by atoms with Crippen LogP contribution in [0.2, 0.25) is 0 Å². The zero-order valence-electron chi connectivity index (χ0n) is 12.0. The van der Waals surface area contributed by atoms with Gasteiger partial charge in [-0.1, -0.05) is 42.5 Å². The van der Waals surface area contributed by atoms with Crippen LogP contribution in [0.4, 0.5) is 0 Å². The van der Waals surface area contributed by atoms with Gasteiger partial charge in [0.15, 0.2) is 0 Å². The van der Waals surface area contributed by atoms with E-state index in [-0.39, 0.29) is 17.8 Å². The van der Waals surface area contributed by atoms with E-state index >= 15 is 0 Å². The molecule has 21 heavy (non-hydrogen) atoms. The maximum Gasteiger partial charge on any atom is 0.233 e. The summed E-state index contributed by atoms with van der Waals surface area (Å²) in [5, 5.41) is 12.0. The monoisotopic (exact) mass is 301 g/mol. The van der Waals surface area contributed by atoms with Gasteiger partial charge in [0.2, 0.25) is 5.91 Å². The zero-order chi connectivity index (χ0) is 15.1. The van der Waals surface area contributed by atoms with Crippen molar-refractivity contribution in [1.82, 2.24) is 5.32 Å². The van der Waals surface area contributed by atoms with Crippen LogP contribution in [-0.2, 0) is 17.9 Å². The second kappa shape index (κ2) is 7.86. The Hall–Kier alpha value is -1.78. The Morgan fingerprint density at radius 2 is 1.71 bits per heavy atom. The van der Waals surface area contributed by atoms with Gasteiger partial charge >= 0.3 is 0 Å². The molecule has 0 bridgehead atoms. The Morgan fingerprint density at radius 1 is 1.10 bits per heavy atom. The normalized spacial score (nSPS) is 11.9. The molecule has 110 valence electrons. The van der Waals surface area contributed by atoms with Crippen molar-refractivity contribution in [2.75, 3.05) is 0 Å². The van der Waals surface area contributed by atoms with Gasteiger partial charge in [-0.15, -0.1) is 11.8 Å². The molecule has 2 N–H and O–H groups in total. The molecule has 1 unspecified atom stereocenters. The van der Waals surface area contributed by atoms with E-state index in [2.05, 4.69) is 5.32 Å². The van der Waals surface area contributed by atoms with Crippen molar-refractivity contribution in [3.63, 3.8) is 0 Å². The molecule has 1 amide bonds. The van der Waals surface area contributed by atoms with Crippen molar-refractivity contribution in [1.29, 1.82) is 0 Å². The molecule has 0 aliphatic heterocycles. The number of nitrogens with one attached hydrogen (secondary N) is 1. The van der Waals surface area contributed by atoms with Crippen LogP contribution in [-0.4, -0.2) is 16.3 Å². The zero-order valence-corrected chi connectivity index (χ0v) is 12.8. The first-order valence-electron chi connectivity index (χ1n) is 6.87. The summed E-state index contributed by atoms with van der Waals surface area (Å²) >= 11 is 1.54. The number of carbonyl (C=O) groups excluding carboxylic acids is 1. The molecule has 0 radical (unpaired) electrons. The summed E-state index contributed by atoms with van der Waals surface area (Å²) in [4.78, 5) is 13.2. The second-order valence-electron chi connectivity index (χ2n) is 4.72. The fourth-order valence-corrected chi connectivity index (χ4v) is 2.88. The van der Waals surface area contributed by atoms with Gasteiger partial charge in [0.25, 0.3) is 0 Å². The summed E-state index contributed by atoms with van der Waals surface area (Å²) in [5.41, 5.74) is 1.80. The molecule has 2 aromatic rings. The quantitative estimate of drug-likeness (QED) is 0.807. The van der Waals surface area contributed by atoms with E-state index in [1.807, 2.05) is 61.5 Å². The topological polar surface area (TPSA) is 49.3 Å². The second-order valence-corrected chi connectivity index (χ2v) is 6.13. The third-order valence-corrected chi connectivity index (χ3v) is 4.28. The summed E-state index contributed by atoms with van der Waals surface area (Å²) in [6.45, 7) is 2.32. The standard InChI is InChI=1S/C17H19NO2S/c1-13(21-16-9-3-2-4-10-16)17(20)18-11-14-7-5-6-8-15(14)12-19/h2-10,13,19H,11-12H2,1H3,(H,18,20). The smallest absolute Gasteiger partial charge is 0.233 e. The lowest BCUT2D eigenvalue weighted by Gasteiger charge is -2.13. The molecule has 2 rings (SSSR count). The van der Waals surface area contributed by atoms with E-state index in [1.54, 1.807) is 0 Å². The third kappa shape index (κ3) is 4.62. The molecular weight excluding hydrogens is 282 g/mol. The van der Waals surface area contributed by atoms with Crippen LogP contribution in [0.15, 0.2) is 59.5 Å². The molecule has 0 aromatic heterocycles. The number of hydrogen-bond acceptors (Lipinski definition) is 3. The molecule has 2 aromatic carbocycles. The first kappa shape index (κ1) is 15.6. The summed E-state index contributed by atoms with van der Waals surface area (Å²) in [6, 6.07) is 17.4. The highest BCUT2D eigenvalue weighted by atomic mass is 32.2. The van der Waals surface area contributed by atoms with Crippen molar-refractivity contribution in [2.45, 2.75) is 30.2 Å². The summed E-state index contributed by atoms with van der Waals surface area (Å²) in [7, 11) is 0. The van der Waals surface area contributed by atoms with E-state index in [9.17, 15) is 9.90 Å². The third-order valence-electron chi connectivity index (χ3n) is 3.17. The highest BCUT2D eigenvalue weighted by Crippen LogP contribution is 2.22. The minimum atomic E-state index is -0.159. The molecule has 3 nitrogen and oxygen atoms in total. The molecule has 0 heterocycles. The van der Waals surface area contributed by atoms with Gasteiger partial charge in [-0.25, -0.2) is 0 Å². The molecule has 0 spiro atoms. The molecule has 0 saturated heterocycles. The van der Waals surface area contributed by atoms with Crippen LogP contribution in [0.1, 0.15) is 18.1 Å². The molecular formula is C17H19NO2S. The Labute approximate surface area is 129 Å². The van der Waals surface area contributed by atoms with E-state index < -0.39 is 0 Å². The molecule has 0 aliphatic carbocycles. The van der Waals surface area contributed by atoms with Gasteiger partial charge in [0, 0.05) is 11.4 Å². The van der Waals surface area contributed by atoms with Crippen LogP contribution >= 0.6 is 11.8 Å². The predicted molar refractivity (Wildman–Crippen MR) is 86.0 cm³/mol. The lowest BCUT2D eigenvalue weighted by molar-refractivity contribution is -0.120. The molecule has 0 aliphatic rings. The van der Waals surface area contributed by atoms with Gasteiger partial charge in [0.1, 0.15) is 0 Å². The highest BCUT2D eigenvalue weighted by Gasteiger charge is 2.14. The lowest BCUT2D eigenvalue weighted by Crippen LogP contribution is -2.30. The van der Waals surface area contributed by atoms with Crippen LogP contribution in [0.3, 0.4) is 0 Å². The molecule has 1 atom stereocenters. The van der Waals surface area contributed by atoms with Crippen LogP contribution in [0.5, 0.6) is 0 Å². The number of rotatable bonds is 6. The summed E-state index contributed by atoms with van der Waals surface area (Å²) in [5.74, 6) is -0.00315. The number of amides is 1. The van der Waals surface area contributed by atoms with Gasteiger partial charge in [0.05, 0.1) is 11.9 Å². The lowest BCUT2D eigenvalue weighted by atomic mass is 10.1. The van der Waals surface area contributed by atoms with Crippen molar-refractivity contribution < 1.29 is 9.90 Å². The molecule has 0 fully saturated rings. The van der Waals surface area contributed by atoms with Crippen molar-refractivity contribution in [2.24, 2.45) is 0 Å². The van der Waals surface area contributed by atoms with Gasteiger partial charge in [-0.05, 0) is 30.2 Å².